The first kappa shape index (κ1) is 16.8. The third-order valence-corrected chi connectivity index (χ3v) is 3.72. The van der Waals surface area contributed by atoms with Crippen molar-refractivity contribution < 1.29 is 18.8 Å². The second-order valence-corrected chi connectivity index (χ2v) is 5.76. The molecule has 3 rings (SSSR count). The zero-order chi connectivity index (χ0) is 17.6. The van der Waals surface area contributed by atoms with E-state index in [4.69, 9.17) is 14.0 Å². The van der Waals surface area contributed by atoms with Gasteiger partial charge in [0.1, 0.15) is 18.1 Å². The molecule has 0 unspecified atom stereocenters. The molecule has 0 aliphatic rings. The number of esters is 1. The van der Waals surface area contributed by atoms with Crippen LogP contribution in [0, 0.1) is 13.8 Å². The minimum atomic E-state index is -0.455. The highest BCUT2D eigenvalue weighted by atomic mass is 16.6. The van der Waals surface area contributed by atoms with Crippen LogP contribution in [0.2, 0.25) is 0 Å². The molecule has 2 aromatic carbocycles. The zero-order valence-corrected chi connectivity index (χ0v) is 14.2. The summed E-state index contributed by atoms with van der Waals surface area (Å²) in [6, 6.07) is 17.2. The van der Waals surface area contributed by atoms with Gasteiger partial charge in [0.05, 0.1) is 0 Å². The fourth-order valence-electron chi connectivity index (χ4n) is 2.28. The van der Waals surface area contributed by atoms with E-state index in [2.05, 4.69) is 5.16 Å². The van der Waals surface area contributed by atoms with Gasteiger partial charge in [-0.15, -0.1) is 0 Å². The molecule has 5 nitrogen and oxygen atoms in total. The Bertz CT molecular complexity index is 852. The van der Waals surface area contributed by atoms with Crippen LogP contribution in [-0.4, -0.2) is 17.7 Å². The van der Waals surface area contributed by atoms with Crippen molar-refractivity contribution in [2.24, 2.45) is 0 Å². The predicted molar refractivity (Wildman–Crippen MR) is 93.1 cm³/mol. The molecule has 0 aliphatic carbocycles. The van der Waals surface area contributed by atoms with Gasteiger partial charge in [-0.05, 0) is 25.5 Å². The molecule has 25 heavy (non-hydrogen) atoms. The lowest BCUT2D eigenvalue weighted by molar-refractivity contribution is -0.147. The van der Waals surface area contributed by atoms with E-state index in [0.29, 0.717) is 17.2 Å². The van der Waals surface area contributed by atoms with E-state index in [-0.39, 0.29) is 13.2 Å². The Kier molecular flexibility index (Phi) is 5.14. The Balaban J connectivity index is 1.51. The van der Waals surface area contributed by atoms with E-state index in [9.17, 15) is 4.79 Å². The minimum absolute atomic E-state index is 0.0470. The summed E-state index contributed by atoms with van der Waals surface area (Å²) in [5.41, 5.74) is 3.62. The molecule has 0 bridgehead atoms. The Morgan fingerprint density at radius 1 is 1.08 bits per heavy atom. The first-order valence-corrected chi connectivity index (χ1v) is 7.98. The van der Waals surface area contributed by atoms with Crippen LogP contribution in [0.15, 0.2) is 59.1 Å². The van der Waals surface area contributed by atoms with Gasteiger partial charge in [0, 0.05) is 11.6 Å². The van der Waals surface area contributed by atoms with E-state index in [1.165, 1.54) is 5.56 Å². The number of rotatable bonds is 6. The number of carbonyl (C=O) groups is 1. The first-order valence-electron chi connectivity index (χ1n) is 7.98. The molecule has 0 atom stereocenters. The van der Waals surface area contributed by atoms with Gasteiger partial charge in [-0.1, -0.05) is 53.2 Å². The van der Waals surface area contributed by atoms with Crippen molar-refractivity contribution in [1.29, 1.82) is 0 Å². The van der Waals surface area contributed by atoms with Crippen LogP contribution in [0.4, 0.5) is 0 Å². The van der Waals surface area contributed by atoms with E-state index in [1.807, 2.05) is 62.4 Å². The van der Waals surface area contributed by atoms with Crippen LogP contribution in [0.25, 0.3) is 11.3 Å². The molecule has 1 heterocycles. The number of hydrogen-bond acceptors (Lipinski definition) is 5. The lowest BCUT2D eigenvalue weighted by atomic mass is 10.1. The van der Waals surface area contributed by atoms with Crippen molar-refractivity contribution in [3.05, 3.63) is 71.4 Å². The summed E-state index contributed by atoms with van der Waals surface area (Å²) in [6.07, 6.45) is 0. The van der Waals surface area contributed by atoms with Crippen molar-refractivity contribution in [2.75, 3.05) is 6.61 Å². The van der Waals surface area contributed by atoms with E-state index >= 15 is 0 Å². The molecule has 3 aromatic rings. The van der Waals surface area contributed by atoms with Gasteiger partial charge >= 0.3 is 5.97 Å². The Morgan fingerprint density at radius 3 is 2.60 bits per heavy atom. The standard InChI is InChI=1S/C20H19NO4/c1-14-7-9-16(10-8-14)19-11-17(21-25-19)12-24-20(22)13-23-18-6-4-3-5-15(18)2/h3-11H,12-13H2,1-2H3. The summed E-state index contributed by atoms with van der Waals surface area (Å²) in [7, 11) is 0. The highest BCUT2D eigenvalue weighted by molar-refractivity contribution is 5.71. The molecule has 1 aromatic heterocycles. The number of ether oxygens (including phenoxy) is 2. The van der Waals surface area contributed by atoms with Gasteiger partial charge in [0.15, 0.2) is 12.4 Å². The summed E-state index contributed by atoms with van der Waals surface area (Å²) in [4.78, 5) is 11.8. The molecule has 0 fully saturated rings. The SMILES string of the molecule is Cc1ccc(-c2cc(COC(=O)COc3ccccc3C)no2)cc1. The third kappa shape index (κ3) is 4.47. The van der Waals surface area contributed by atoms with Crippen molar-refractivity contribution >= 4 is 5.97 Å². The van der Waals surface area contributed by atoms with Crippen molar-refractivity contribution in [3.63, 3.8) is 0 Å². The van der Waals surface area contributed by atoms with Crippen molar-refractivity contribution in [2.45, 2.75) is 20.5 Å². The fraction of sp³-hybridized carbons (Fsp3) is 0.200. The number of benzene rings is 2. The van der Waals surface area contributed by atoms with Crippen LogP contribution >= 0.6 is 0 Å². The van der Waals surface area contributed by atoms with Crippen LogP contribution < -0.4 is 4.74 Å². The number of para-hydroxylation sites is 1. The zero-order valence-electron chi connectivity index (χ0n) is 14.2. The molecule has 0 amide bonds. The molecule has 0 spiro atoms. The maximum atomic E-state index is 11.8. The summed E-state index contributed by atoms with van der Waals surface area (Å²) < 4.78 is 15.9. The first-order chi connectivity index (χ1) is 12.1. The third-order valence-electron chi connectivity index (χ3n) is 3.72. The average Bonchev–Trinajstić information content (AvgIpc) is 3.09. The molecule has 0 aliphatic heterocycles. The predicted octanol–water partition coefficient (Wildman–Crippen LogP) is 4.08. The van der Waals surface area contributed by atoms with Crippen LogP contribution in [-0.2, 0) is 16.1 Å². The van der Waals surface area contributed by atoms with Gasteiger partial charge in [0.25, 0.3) is 0 Å². The molecule has 0 N–H and O–H groups in total. The monoisotopic (exact) mass is 337 g/mol. The Hall–Kier alpha value is -3.08. The summed E-state index contributed by atoms with van der Waals surface area (Å²) in [5.74, 6) is 0.855. The second kappa shape index (κ2) is 7.66. The van der Waals surface area contributed by atoms with Gasteiger partial charge in [-0.2, -0.15) is 0 Å². The molecule has 0 radical (unpaired) electrons. The maximum Gasteiger partial charge on any atom is 0.344 e. The van der Waals surface area contributed by atoms with E-state index < -0.39 is 5.97 Å². The number of carbonyl (C=O) groups excluding carboxylic acids is 1. The maximum absolute atomic E-state index is 11.8. The number of aromatic nitrogens is 1. The minimum Gasteiger partial charge on any atom is -0.482 e. The van der Waals surface area contributed by atoms with Gasteiger partial charge in [0.2, 0.25) is 0 Å². The van der Waals surface area contributed by atoms with Crippen LogP contribution in [0.3, 0.4) is 0 Å². The molecule has 0 saturated carbocycles. The van der Waals surface area contributed by atoms with Crippen molar-refractivity contribution in [1.82, 2.24) is 5.16 Å². The van der Waals surface area contributed by atoms with Gasteiger partial charge < -0.3 is 14.0 Å². The Labute approximate surface area is 146 Å². The summed E-state index contributed by atoms with van der Waals surface area (Å²) in [5, 5.41) is 3.93. The van der Waals surface area contributed by atoms with E-state index in [0.717, 1.165) is 11.1 Å². The number of hydrogen-bond donors (Lipinski definition) is 0. The molecular weight excluding hydrogens is 318 g/mol. The largest absolute Gasteiger partial charge is 0.482 e. The van der Waals surface area contributed by atoms with Crippen molar-refractivity contribution in [3.8, 4) is 17.1 Å². The highest BCUT2D eigenvalue weighted by Crippen LogP contribution is 2.21. The average molecular weight is 337 g/mol. The lowest BCUT2D eigenvalue weighted by Crippen LogP contribution is -2.15. The quantitative estimate of drug-likeness (QED) is 0.634. The molecule has 5 heteroatoms. The summed E-state index contributed by atoms with van der Waals surface area (Å²) in [6.45, 7) is 3.84. The smallest absolute Gasteiger partial charge is 0.344 e. The topological polar surface area (TPSA) is 61.6 Å². The normalized spacial score (nSPS) is 10.5. The molecule has 0 saturated heterocycles. The Morgan fingerprint density at radius 2 is 1.84 bits per heavy atom. The number of aryl methyl sites for hydroxylation is 2. The van der Waals surface area contributed by atoms with Crippen LogP contribution in [0.5, 0.6) is 5.75 Å². The fourth-order valence-corrected chi connectivity index (χ4v) is 2.28. The lowest BCUT2D eigenvalue weighted by Gasteiger charge is -2.08. The van der Waals surface area contributed by atoms with Gasteiger partial charge in [-0.25, -0.2) is 4.79 Å². The van der Waals surface area contributed by atoms with Crippen LogP contribution in [0.1, 0.15) is 16.8 Å². The molecule has 128 valence electrons. The van der Waals surface area contributed by atoms with E-state index in [1.54, 1.807) is 6.07 Å². The highest BCUT2D eigenvalue weighted by Gasteiger charge is 2.10. The second-order valence-electron chi connectivity index (χ2n) is 5.76. The summed E-state index contributed by atoms with van der Waals surface area (Å²) >= 11 is 0. The molecular formula is C20H19NO4. The number of nitrogens with zero attached hydrogens (tertiary/aromatic N) is 1. The van der Waals surface area contributed by atoms with Gasteiger partial charge in [-0.3, -0.25) is 0 Å².